The Balaban J connectivity index is 1.61. The van der Waals surface area contributed by atoms with Crippen LogP contribution < -0.4 is 18.9 Å². The maximum absolute atomic E-state index is 6.44. The van der Waals surface area contributed by atoms with E-state index < -0.39 is 6.23 Å². The average Bonchev–Trinajstić information content (AvgIpc) is 3.28. The van der Waals surface area contributed by atoms with Crippen LogP contribution >= 0.6 is 0 Å². The summed E-state index contributed by atoms with van der Waals surface area (Å²) < 4.78 is 23.1. The van der Waals surface area contributed by atoms with Crippen LogP contribution in [0.1, 0.15) is 35.4 Å². The first-order valence-corrected chi connectivity index (χ1v) is 10.2. The molecule has 31 heavy (non-hydrogen) atoms. The Labute approximate surface area is 181 Å². The van der Waals surface area contributed by atoms with Gasteiger partial charge in [-0.1, -0.05) is 30.3 Å². The highest BCUT2D eigenvalue weighted by Gasteiger charge is 2.42. The summed E-state index contributed by atoms with van der Waals surface area (Å²) in [7, 11) is 4.99. The molecule has 2 atom stereocenters. The van der Waals surface area contributed by atoms with Crippen molar-refractivity contribution < 1.29 is 18.9 Å². The second-order valence-corrected chi connectivity index (χ2v) is 7.46. The number of ether oxygens (including phenoxy) is 4. The number of hydrazone groups is 1. The van der Waals surface area contributed by atoms with E-state index in [0.29, 0.717) is 0 Å². The van der Waals surface area contributed by atoms with Crippen molar-refractivity contribution in [1.29, 1.82) is 0 Å². The van der Waals surface area contributed by atoms with Crippen molar-refractivity contribution in [3.8, 4) is 23.0 Å². The van der Waals surface area contributed by atoms with Crippen molar-refractivity contribution >= 4 is 5.71 Å². The van der Waals surface area contributed by atoms with Gasteiger partial charge in [0.25, 0.3) is 0 Å². The van der Waals surface area contributed by atoms with E-state index in [9.17, 15) is 0 Å². The van der Waals surface area contributed by atoms with E-state index in [1.54, 1.807) is 21.3 Å². The first-order chi connectivity index (χ1) is 15.2. The van der Waals surface area contributed by atoms with Crippen LogP contribution in [-0.4, -0.2) is 32.0 Å². The fourth-order valence-electron chi connectivity index (χ4n) is 4.31. The summed E-state index contributed by atoms with van der Waals surface area (Å²) in [6, 6.07) is 21.9. The largest absolute Gasteiger partial charge is 0.497 e. The van der Waals surface area contributed by atoms with Gasteiger partial charge < -0.3 is 18.9 Å². The topological polar surface area (TPSA) is 52.5 Å². The molecule has 3 aromatic rings. The smallest absolute Gasteiger partial charge is 0.217 e. The summed E-state index contributed by atoms with van der Waals surface area (Å²) in [6.07, 6.45) is 0.354. The lowest BCUT2D eigenvalue weighted by molar-refractivity contribution is -0.0203. The van der Waals surface area contributed by atoms with Crippen LogP contribution in [0.5, 0.6) is 23.0 Å². The fourth-order valence-corrected chi connectivity index (χ4v) is 4.31. The maximum atomic E-state index is 6.44. The van der Waals surface area contributed by atoms with Crippen LogP contribution in [0.4, 0.5) is 0 Å². The maximum Gasteiger partial charge on any atom is 0.217 e. The van der Waals surface area contributed by atoms with Crippen LogP contribution in [0.15, 0.2) is 71.8 Å². The number of hydrogen-bond donors (Lipinski definition) is 0. The van der Waals surface area contributed by atoms with Crippen LogP contribution in [-0.2, 0) is 0 Å². The first-order valence-electron chi connectivity index (χ1n) is 10.2. The third-order valence-corrected chi connectivity index (χ3v) is 5.82. The molecule has 6 nitrogen and oxygen atoms in total. The van der Waals surface area contributed by atoms with Crippen LogP contribution in [0.2, 0.25) is 0 Å². The highest BCUT2D eigenvalue weighted by molar-refractivity contribution is 6.04. The molecule has 2 heterocycles. The molecule has 0 saturated heterocycles. The molecular formula is C25H24N2O4. The standard InChI is InChI=1S/C25H24N2O4/c1-28-16-12-13-17(24(14-16)30-3)20-15-21-18-8-4-7-11-23(18)31-25(27(21)26-20)19-9-5-6-10-22(19)29-2/h4-14,21,25H,15H2,1-3H3/t21-,25-/m0/s1. The molecule has 0 saturated carbocycles. The summed E-state index contributed by atoms with van der Waals surface area (Å²) in [5.41, 5.74) is 3.97. The number of methoxy groups -OCH3 is 3. The van der Waals surface area contributed by atoms with E-state index in [1.807, 2.05) is 65.7 Å². The Morgan fingerprint density at radius 2 is 1.58 bits per heavy atom. The van der Waals surface area contributed by atoms with Gasteiger partial charge in [0.2, 0.25) is 6.23 Å². The van der Waals surface area contributed by atoms with Crippen molar-refractivity contribution in [2.24, 2.45) is 5.10 Å². The third kappa shape index (κ3) is 3.24. The Kier molecular flexibility index (Phi) is 4.90. The number of benzene rings is 3. The minimum atomic E-state index is -0.391. The fraction of sp³-hybridized carbons (Fsp3) is 0.240. The average molecular weight is 416 g/mol. The van der Waals surface area contributed by atoms with Crippen LogP contribution in [0.25, 0.3) is 0 Å². The molecule has 6 heteroatoms. The molecule has 0 radical (unpaired) electrons. The zero-order chi connectivity index (χ0) is 21.4. The van der Waals surface area contributed by atoms with Crippen molar-refractivity contribution in [3.63, 3.8) is 0 Å². The van der Waals surface area contributed by atoms with E-state index in [1.165, 1.54) is 0 Å². The zero-order valence-corrected chi connectivity index (χ0v) is 17.7. The molecule has 0 fully saturated rings. The van der Waals surface area contributed by atoms with Crippen molar-refractivity contribution in [1.82, 2.24) is 5.01 Å². The number of nitrogens with zero attached hydrogens (tertiary/aromatic N) is 2. The van der Waals surface area contributed by atoms with Gasteiger partial charge in [-0.2, -0.15) is 5.10 Å². The Hall–Kier alpha value is -3.67. The lowest BCUT2D eigenvalue weighted by Crippen LogP contribution is -2.33. The second kappa shape index (κ2) is 7.87. The van der Waals surface area contributed by atoms with Crippen molar-refractivity contribution in [2.75, 3.05) is 21.3 Å². The van der Waals surface area contributed by atoms with Gasteiger partial charge in [0.15, 0.2) is 0 Å². The molecule has 0 spiro atoms. The number of fused-ring (bicyclic) bond motifs is 3. The molecule has 0 unspecified atom stereocenters. The summed E-state index contributed by atoms with van der Waals surface area (Å²) in [5, 5.41) is 7.07. The van der Waals surface area contributed by atoms with E-state index in [-0.39, 0.29) is 6.04 Å². The van der Waals surface area contributed by atoms with Gasteiger partial charge in [0.05, 0.1) is 38.6 Å². The molecule has 2 aliphatic rings. The second-order valence-electron chi connectivity index (χ2n) is 7.46. The Morgan fingerprint density at radius 3 is 2.35 bits per heavy atom. The highest BCUT2D eigenvalue weighted by atomic mass is 16.5. The zero-order valence-electron chi connectivity index (χ0n) is 17.7. The van der Waals surface area contributed by atoms with E-state index >= 15 is 0 Å². The van der Waals surface area contributed by atoms with E-state index in [2.05, 4.69) is 6.07 Å². The SMILES string of the molecule is COc1ccc(C2=NN3[C@@H](C2)c2ccccc2O[C@H]3c2ccccc2OC)c(OC)c1. The molecule has 158 valence electrons. The third-order valence-electron chi connectivity index (χ3n) is 5.82. The highest BCUT2D eigenvalue weighted by Crippen LogP contribution is 2.49. The molecule has 3 aromatic carbocycles. The molecule has 0 aromatic heterocycles. The summed E-state index contributed by atoms with van der Waals surface area (Å²) in [4.78, 5) is 0. The summed E-state index contributed by atoms with van der Waals surface area (Å²) in [5.74, 6) is 3.13. The molecule has 0 bridgehead atoms. The number of para-hydroxylation sites is 2. The van der Waals surface area contributed by atoms with Gasteiger partial charge in [-0.25, -0.2) is 5.01 Å². The molecule has 0 amide bonds. The molecule has 0 aliphatic carbocycles. The van der Waals surface area contributed by atoms with E-state index in [0.717, 1.165) is 51.8 Å². The van der Waals surface area contributed by atoms with Crippen LogP contribution in [0.3, 0.4) is 0 Å². The molecule has 2 aliphatic heterocycles. The number of hydrogen-bond acceptors (Lipinski definition) is 6. The van der Waals surface area contributed by atoms with Crippen molar-refractivity contribution in [2.45, 2.75) is 18.7 Å². The minimum Gasteiger partial charge on any atom is -0.497 e. The van der Waals surface area contributed by atoms with Gasteiger partial charge in [0.1, 0.15) is 23.0 Å². The predicted molar refractivity (Wildman–Crippen MR) is 118 cm³/mol. The lowest BCUT2D eigenvalue weighted by atomic mass is 9.95. The molecular weight excluding hydrogens is 392 g/mol. The predicted octanol–water partition coefficient (Wildman–Crippen LogP) is 4.95. The van der Waals surface area contributed by atoms with E-state index in [4.69, 9.17) is 24.0 Å². The summed E-state index contributed by atoms with van der Waals surface area (Å²) >= 11 is 0. The Bertz CT molecular complexity index is 1140. The summed E-state index contributed by atoms with van der Waals surface area (Å²) in [6.45, 7) is 0. The molecule has 0 N–H and O–H groups in total. The number of rotatable bonds is 5. The van der Waals surface area contributed by atoms with Gasteiger partial charge in [-0.05, 0) is 30.3 Å². The monoisotopic (exact) mass is 416 g/mol. The van der Waals surface area contributed by atoms with Gasteiger partial charge in [-0.15, -0.1) is 0 Å². The van der Waals surface area contributed by atoms with Gasteiger partial charge in [0, 0.05) is 23.6 Å². The van der Waals surface area contributed by atoms with Gasteiger partial charge >= 0.3 is 0 Å². The lowest BCUT2D eigenvalue weighted by Gasteiger charge is -2.38. The quantitative estimate of drug-likeness (QED) is 0.589. The van der Waals surface area contributed by atoms with Gasteiger partial charge in [-0.3, -0.25) is 0 Å². The normalized spacial score (nSPS) is 19.1. The van der Waals surface area contributed by atoms with Crippen LogP contribution in [0, 0.1) is 0 Å². The van der Waals surface area contributed by atoms with Crippen molar-refractivity contribution in [3.05, 3.63) is 83.4 Å². The minimum absolute atomic E-state index is 0.0571. The first kappa shape index (κ1) is 19.3. The molecule has 5 rings (SSSR count). The Morgan fingerprint density at radius 1 is 0.839 bits per heavy atom.